The van der Waals surface area contributed by atoms with Crippen molar-refractivity contribution < 1.29 is 18.0 Å². The number of nitrogens with one attached hydrogen (secondary N) is 1. The van der Waals surface area contributed by atoms with Crippen LogP contribution in [0.2, 0.25) is 5.02 Å². The number of hydrogen-bond donors (Lipinski definition) is 1. The predicted molar refractivity (Wildman–Crippen MR) is 83.6 cm³/mol. The number of halogens is 4. The van der Waals surface area contributed by atoms with E-state index in [1.165, 1.54) is 0 Å². The average Bonchev–Trinajstić information content (AvgIpc) is 2.93. The summed E-state index contributed by atoms with van der Waals surface area (Å²) >= 11 is 5.89. The van der Waals surface area contributed by atoms with Gasteiger partial charge in [-0.05, 0) is 25.0 Å². The summed E-state index contributed by atoms with van der Waals surface area (Å²) in [7, 11) is 0. The Morgan fingerprint density at radius 3 is 2.79 bits per heavy atom. The second-order valence-corrected chi connectivity index (χ2v) is 6.54. The van der Waals surface area contributed by atoms with Gasteiger partial charge in [0, 0.05) is 18.3 Å². The van der Waals surface area contributed by atoms with Crippen LogP contribution < -0.4 is 5.32 Å². The quantitative estimate of drug-likeness (QED) is 0.901. The van der Waals surface area contributed by atoms with Crippen LogP contribution in [0.5, 0.6) is 0 Å². The lowest BCUT2D eigenvalue weighted by Crippen LogP contribution is -2.42. The summed E-state index contributed by atoms with van der Waals surface area (Å²) in [5.74, 6) is -3.11. The summed E-state index contributed by atoms with van der Waals surface area (Å²) in [6, 6.07) is 3.43. The van der Waals surface area contributed by atoms with E-state index in [4.69, 9.17) is 11.6 Å². The Labute approximate surface area is 142 Å². The van der Waals surface area contributed by atoms with E-state index in [1.54, 1.807) is 28.9 Å². The van der Waals surface area contributed by atoms with Crippen molar-refractivity contribution in [1.82, 2.24) is 14.7 Å². The van der Waals surface area contributed by atoms with Crippen molar-refractivity contribution in [1.29, 1.82) is 0 Å². The number of amides is 1. The van der Waals surface area contributed by atoms with Crippen molar-refractivity contribution in [3.05, 3.63) is 35.2 Å². The normalized spacial score (nSPS) is 21.8. The molecule has 0 saturated heterocycles. The Balaban J connectivity index is 1.67. The fourth-order valence-corrected chi connectivity index (χ4v) is 3.42. The first-order valence-corrected chi connectivity index (χ1v) is 8.20. The molecule has 2 heterocycles. The Kier molecular flexibility index (Phi) is 4.71. The molecule has 2 aromatic rings. The van der Waals surface area contributed by atoms with Crippen LogP contribution in [0.1, 0.15) is 31.4 Å². The Bertz CT molecular complexity index is 744. The third-order valence-corrected chi connectivity index (χ3v) is 4.66. The number of aromatic nitrogens is 2. The van der Waals surface area contributed by atoms with Crippen molar-refractivity contribution in [3.8, 4) is 0 Å². The Morgan fingerprint density at radius 1 is 1.29 bits per heavy atom. The van der Waals surface area contributed by atoms with Gasteiger partial charge in [-0.1, -0.05) is 24.4 Å². The van der Waals surface area contributed by atoms with Crippen LogP contribution in [0.15, 0.2) is 24.5 Å². The number of hydrogen-bond acceptors (Lipinski definition) is 2. The van der Waals surface area contributed by atoms with E-state index in [-0.39, 0.29) is 19.4 Å². The Hall–Kier alpha value is -1.76. The number of rotatable bonds is 3. The van der Waals surface area contributed by atoms with Gasteiger partial charge in [-0.25, -0.2) is 4.98 Å². The van der Waals surface area contributed by atoms with Gasteiger partial charge in [-0.2, -0.15) is 13.2 Å². The number of pyridine rings is 1. The van der Waals surface area contributed by atoms with Gasteiger partial charge in [0.2, 0.25) is 5.91 Å². The highest BCUT2D eigenvalue weighted by Crippen LogP contribution is 2.41. The maximum atomic E-state index is 13.1. The van der Waals surface area contributed by atoms with Gasteiger partial charge in [-0.15, -0.1) is 0 Å². The number of nitrogens with zero attached hydrogens (tertiary/aromatic N) is 2. The molecule has 0 radical (unpaired) electrons. The van der Waals surface area contributed by atoms with Crippen molar-refractivity contribution in [2.75, 3.05) is 0 Å². The van der Waals surface area contributed by atoms with Gasteiger partial charge in [-0.3, -0.25) is 4.79 Å². The van der Waals surface area contributed by atoms with Gasteiger partial charge in [0.1, 0.15) is 5.65 Å². The highest BCUT2D eigenvalue weighted by molar-refractivity contribution is 6.30. The summed E-state index contributed by atoms with van der Waals surface area (Å²) in [6.45, 7) is 0.0964. The molecule has 1 aliphatic carbocycles. The molecule has 1 saturated carbocycles. The fourth-order valence-electron chi connectivity index (χ4n) is 3.25. The largest absolute Gasteiger partial charge is 0.392 e. The zero-order chi connectivity index (χ0) is 17.3. The molecule has 0 aromatic carbocycles. The second-order valence-electron chi connectivity index (χ2n) is 6.10. The van der Waals surface area contributed by atoms with Crippen LogP contribution in [0.4, 0.5) is 13.2 Å². The fraction of sp³-hybridized carbons (Fsp3) is 0.500. The maximum absolute atomic E-state index is 13.1. The van der Waals surface area contributed by atoms with E-state index >= 15 is 0 Å². The Morgan fingerprint density at radius 2 is 2.04 bits per heavy atom. The first-order valence-electron chi connectivity index (χ1n) is 7.82. The monoisotopic (exact) mass is 359 g/mol. The van der Waals surface area contributed by atoms with E-state index in [9.17, 15) is 18.0 Å². The second kappa shape index (κ2) is 6.63. The van der Waals surface area contributed by atoms with E-state index in [2.05, 4.69) is 10.3 Å². The topological polar surface area (TPSA) is 46.4 Å². The summed E-state index contributed by atoms with van der Waals surface area (Å²) in [4.78, 5) is 16.5. The van der Waals surface area contributed by atoms with E-state index < -0.39 is 23.9 Å². The van der Waals surface area contributed by atoms with Crippen molar-refractivity contribution >= 4 is 23.2 Å². The molecule has 1 amide bonds. The van der Waals surface area contributed by atoms with Gasteiger partial charge in [0.25, 0.3) is 0 Å². The summed E-state index contributed by atoms with van der Waals surface area (Å²) in [5, 5.41) is 3.15. The zero-order valence-electron chi connectivity index (χ0n) is 12.8. The first kappa shape index (κ1) is 17.1. The molecule has 3 rings (SSSR count). The lowest BCUT2D eigenvalue weighted by Gasteiger charge is -2.31. The molecule has 24 heavy (non-hydrogen) atoms. The standard InChI is InChI=1S/C16H17ClF3N3O/c17-10-5-6-14-22-11(9-23(14)8-10)7-21-15(24)12-3-1-2-4-13(12)16(18,19)20/h5-6,8-9,12-13H,1-4,7H2,(H,21,24). The lowest BCUT2D eigenvalue weighted by atomic mass is 9.78. The van der Waals surface area contributed by atoms with Crippen molar-refractivity contribution in [2.24, 2.45) is 11.8 Å². The minimum atomic E-state index is -4.33. The van der Waals surface area contributed by atoms with Gasteiger partial charge in [0.05, 0.1) is 23.2 Å². The SMILES string of the molecule is O=C(NCc1cn2cc(Cl)ccc2n1)C1CCCCC1C(F)(F)F. The number of carbonyl (C=O) groups is 1. The molecule has 1 N–H and O–H groups in total. The minimum Gasteiger partial charge on any atom is -0.350 e. The summed E-state index contributed by atoms with van der Waals surface area (Å²) in [6.07, 6.45) is 0.506. The van der Waals surface area contributed by atoms with Crippen LogP contribution in [0.3, 0.4) is 0 Å². The van der Waals surface area contributed by atoms with Crippen molar-refractivity contribution in [2.45, 2.75) is 38.4 Å². The van der Waals surface area contributed by atoms with Gasteiger partial charge < -0.3 is 9.72 Å². The number of alkyl halides is 3. The molecule has 4 nitrogen and oxygen atoms in total. The van der Waals surface area contributed by atoms with Crippen LogP contribution >= 0.6 is 11.6 Å². The molecule has 2 aromatic heterocycles. The summed E-state index contributed by atoms with van der Waals surface area (Å²) < 4.78 is 41.0. The van der Waals surface area contributed by atoms with E-state index in [0.29, 0.717) is 29.2 Å². The smallest absolute Gasteiger partial charge is 0.350 e. The minimum absolute atomic E-state index is 0.0223. The number of fused-ring (bicyclic) bond motifs is 1. The molecule has 1 aliphatic rings. The highest BCUT2D eigenvalue weighted by atomic mass is 35.5. The number of imidazole rings is 1. The molecule has 0 aliphatic heterocycles. The molecule has 2 atom stereocenters. The predicted octanol–water partition coefficient (Wildman–Crippen LogP) is 3.97. The van der Waals surface area contributed by atoms with E-state index in [0.717, 1.165) is 0 Å². The van der Waals surface area contributed by atoms with Gasteiger partial charge >= 0.3 is 6.18 Å². The molecular formula is C16H17ClF3N3O. The maximum Gasteiger partial charge on any atom is 0.392 e. The molecule has 1 fully saturated rings. The third-order valence-electron chi connectivity index (χ3n) is 4.43. The van der Waals surface area contributed by atoms with Crippen LogP contribution in [0, 0.1) is 11.8 Å². The third kappa shape index (κ3) is 3.66. The summed E-state index contributed by atoms with van der Waals surface area (Å²) in [5.41, 5.74) is 1.24. The average molecular weight is 360 g/mol. The highest BCUT2D eigenvalue weighted by Gasteiger charge is 2.47. The van der Waals surface area contributed by atoms with Crippen LogP contribution in [-0.4, -0.2) is 21.5 Å². The molecule has 2 unspecified atom stereocenters. The molecular weight excluding hydrogens is 343 g/mol. The molecule has 0 spiro atoms. The molecule has 130 valence electrons. The first-order chi connectivity index (χ1) is 11.3. The number of carbonyl (C=O) groups excluding carboxylic acids is 1. The van der Waals surface area contributed by atoms with Crippen LogP contribution in [0.25, 0.3) is 5.65 Å². The molecule has 0 bridgehead atoms. The van der Waals surface area contributed by atoms with Crippen molar-refractivity contribution in [3.63, 3.8) is 0 Å². The van der Waals surface area contributed by atoms with Gasteiger partial charge in [0.15, 0.2) is 0 Å². The molecule has 8 heteroatoms. The van der Waals surface area contributed by atoms with E-state index in [1.807, 2.05) is 0 Å². The lowest BCUT2D eigenvalue weighted by molar-refractivity contribution is -0.198. The van der Waals surface area contributed by atoms with Crippen LogP contribution in [-0.2, 0) is 11.3 Å². The zero-order valence-corrected chi connectivity index (χ0v) is 13.6.